The molecule has 116 valence electrons. The Morgan fingerprint density at radius 3 is 2.57 bits per heavy atom. The van der Waals surface area contributed by atoms with Gasteiger partial charge in [-0.05, 0) is 25.0 Å². The molecule has 0 amide bonds. The van der Waals surface area contributed by atoms with E-state index in [1.165, 1.54) is 0 Å². The normalized spacial score (nSPS) is 14.6. The van der Waals surface area contributed by atoms with Crippen LogP contribution >= 0.6 is 0 Å². The lowest BCUT2D eigenvalue weighted by Crippen LogP contribution is -2.39. The molecule has 2 rings (SSSR count). The molecule has 2 aromatic rings. The van der Waals surface area contributed by atoms with Crippen molar-refractivity contribution in [2.45, 2.75) is 32.9 Å². The van der Waals surface area contributed by atoms with Crippen molar-refractivity contribution in [1.29, 1.82) is 0 Å². The van der Waals surface area contributed by atoms with Gasteiger partial charge in [-0.2, -0.15) is 0 Å². The van der Waals surface area contributed by atoms with Crippen LogP contribution in [0, 0.1) is 5.92 Å². The number of hydrogen-bond donors (Lipinski definition) is 1. The van der Waals surface area contributed by atoms with E-state index in [-0.39, 0.29) is 6.04 Å². The second-order valence-corrected chi connectivity index (χ2v) is 5.72. The fraction of sp³-hybridized carbons (Fsp3) is 0.529. The monoisotopic (exact) mass is 291 g/mol. The summed E-state index contributed by atoms with van der Waals surface area (Å²) >= 11 is 0. The van der Waals surface area contributed by atoms with Crippen molar-refractivity contribution in [3.8, 4) is 5.75 Å². The number of rotatable bonds is 7. The Morgan fingerprint density at radius 2 is 1.95 bits per heavy atom. The summed E-state index contributed by atoms with van der Waals surface area (Å²) in [4.78, 5) is 0. The Hall–Kier alpha value is -1.52. The Bertz CT molecular complexity index is 576. The topological polar surface area (TPSA) is 43.6 Å². The summed E-state index contributed by atoms with van der Waals surface area (Å²) in [5.41, 5.74) is 0.802. The molecule has 4 nitrogen and oxygen atoms in total. The van der Waals surface area contributed by atoms with Crippen molar-refractivity contribution in [1.82, 2.24) is 5.32 Å². The fourth-order valence-electron chi connectivity index (χ4n) is 2.45. The van der Waals surface area contributed by atoms with Crippen molar-refractivity contribution in [3.05, 3.63) is 30.0 Å². The maximum Gasteiger partial charge on any atom is 0.176 e. The Balaban J connectivity index is 2.21. The van der Waals surface area contributed by atoms with Gasteiger partial charge in [-0.25, -0.2) is 0 Å². The number of furan rings is 1. The van der Waals surface area contributed by atoms with Crippen LogP contribution in [-0.4, -0.2) is 26.9 Å². The summed E-state index contributed by atoms with van der Waals surface area (Å²) < 4.78 is 16.6. The van der Waals surface area contributed by atoms with Crippen LogP contribution in [-0.2, 0) is 4.74 Å². The van der Waals surface area contributed by atoms with Gasteiger partial charge in [-0.1, -0.05) is 26.0 Å². The van der Waals surface area contributed by atoms with Gasteiger partial charge in [-0.15, -0.1) is 0 Å². The number of ether oxygens (including phenoxy) is 2. The molecular weight excluding hydrogens is 266 g/mol. The van der Waals surface area contributed by atoms with E-state index < -0.39 is 0 Å². The minimum Gasteiger partial charge on any atom is -0.493 e. The molecule has 0 aliphatic carbocycles. The maximum atomic E-state index is 5.98. The molecule has 1 aromatic carbocycles. The zero-order valence-corrected chi connectivity index (χ0v) is 13.5. The minimum atomic E-state index is 0.115. The second-order valence-electron chi connectivity index (χ2n) is 5.72. The molecule has 4 heteroatoms. The molecular formula is C17H25NO3. The summed E-state index contributed by atoms with van der Waals surface area (Å²) in [5, 5.41) is 4.63. The number of benzene rings is 1. The zero-order valence-electron chi connectivity index (χ0n) is 13.5. The molecule has 0 radical (unpaired) electrons. The van der Waals surface area contributed by atoms with Gasteiger partial charge in [0.2, 0.25) is 0 Å². The van der Waals surface area contributed by atoms with E-state index in [0.29, 0.717) is 18.6 Å². The first-order valence-corrected chi connectivity index (χ1v) is 7.38. The highest BCUT2D eigenvalue weighted by molar-refractivity contribution is 5.83. The van der Waals surface area contributed by atoms with Gasteiger partial charge in [0.25, 0.3) is 0 Å². The first-order chi connectivity index (χ1) is 10.1. The number of methoxy groups -OCH3 is 2. The van der Waals surface area contributed by atoms with Crippen molar-refractivity contribution < 1.29 is 13.9 Å². The molecule has 1 aromatic heterocycles. The smallest absolute Gasteiger partial charge is 0.176 e. The van der Waals surface area contributed by atoms with Gasteiger partial charge in [0, 0.05) is 18.5 Å². The van der Waals surface area contributed by atoms with E-state index >= 15 is 0 Å². The third kappa shape index (κ3) is 3.57. The van der Waals surface area contributed by atoms with E-state index in [0.717, 1.165) is 22.5 Å². The van der Waals surface area contributed by atoms with Gasteiger partial charge in [-0.3, -0.25) is 0 Å². The highest BCUT2D eigenvalue weighted by Crippen LogP contribution is 2.31. The molecule has 0 saturated carbocycles. The summed E-state index contributed by atoms with van der Waals surface area (Å²) in [5.74, 6) is 2.17. The van der Waals surface area contributed by atoms with Crippen molar-refractivity contribution in [3.63, 3.8) is 0 Å². The molecule has 0 fully saturated rings. The van der Waals surface area contributed by atoms with Crippen LogP contribution in [0.15, 0.2) is 28.7 Å². The SMILES string of the molecule is COCC(NC(C)c1cc2cccc(OC)c2o1)C(C)C. The van der Waals surface area contributed by atoms with Crippen LogP contribution < -0.4 is 10.1 Å². The van der Waals surface area contributed by atoms with Crippen LogP contribution in [0.2, 0.25) is 0 Å². The second kappa shape index (κ2) is 6.96. The molecule has 21 heavy (non-hydrogen) atoms. The van der Waals surface area contributed by atoms with E-state index in [9.17, 15) is 0 Å². The Labute approximate surface area is 126 Å². The molecule has 1 heterocycles. The van der Waals surface area contributed by atoms with E-state index in [1.54, 1.807) is 14.2 Å². The van der Waals surface area contributed by atoms with Gasteiger partial charge in [0.1, 0.15) is 5.76 Å². The standard InChI is InChI=1S/C17H25NO3/c1-11(2)14(10-19-4)18-12(3)16-9-13-7-6-8-15(20-5)17(13)21-16/h6-9,11-12,14,18H,10H2,1-5H3. The summed E-state index contributed by atoms with van der Waals surface area (Å²) in [6.07, 6.45) is 0. The highest BCUT2D eigenvalue weighted by atomic mass is 16.5. The predicted octanol–water partition coefficient (Wildman–Crippen LogP) is 3.76. The average molecular weight is 291 g/mol. The molecule has 2 unspecified atom stereocenters. The molecule has 0 spiro atoms. The van der Waals surface area contributed by atoms with E-state index in [4.69, 9.17) is 13.9 Å². The Morgan fingerprint density at radius 1 is 1.19 bits per heavy atom. The summed E-state index contributed by atoms with van der Waals surface area (Å²) in [6, 6.07) is 8.40. The first-order valence-electron chi connectivity index (χ1n) is 7.38. The Kier molecular flexibility index (Phi) is 5.26. The van der Waals surface area contributed by atoms with Crippen LogP contribution in [0.4, 0.5) is 0 Å². The predicted molar refractivity (Wildman–Crippen MR) is 84.8 cm³/mol. The van der Waals surface area contributed by atoms with Gasteiger partial charge < -0.3 is 19.2 Å². The van der Waals surface area contributed by atoms with Crippen molar-refractivity contribution in [2.24, 2.45) is 5.92 Å². The number of hydrogen-bond acceptors (Lipinski definition) is 4. The van der Waals surface area contributed by atoms with Crippen LogP contribution in [0.1, 0.15) is 32.6 Å². The molecule has 2 atom stereocenters. The lowest BCUT2D eigenvalue weighted by molar-refractivity contribution is 0.139. The van der Waals surface area contributed by atoms with Crippen molar-refractivity contribution >= 4 is 11.0 Å². The summed E-state index contributed by atoms with van der Waals surface area (Å²) in [7, 11) is 3.39. The van der Waals surface area contributed by atoms with Gasteiger partial charge >= 0.3 is 0 Å². The quantitative estimate of drug-likeness (QED) is 0.843. The third-order valence-corrected chi connectivity index (χ3v) is 3.79. The maximum absolute atomic E-state index is 5.98. The minimum absolute atomic E-state index is 0.115. The van der Waals surface area contributed by atoms with Crippen LogP contribution in [0.5, 0.6) is 5.75 Å². The van der Waals surface area contributed by atoms with Crippen molar-refractivity contribution in [2.75, 3.05) is 20.8 Å². The number of fused-ring (bicyclic) bond motifs is 1. The lowest BCUT2D eigenvalue weighted by atomic mass is 10.0. The van der Waals surface area contributed by atoms with Gasteiger partial charge in [0.15, 0.2) is 11.3 Å². The first kappa shape index (κ1) is 15.9. The third-order valence-electron chi connectivity index (χ3n) is 3.79. The number of nitrogens with one attached hydrogen (secondary N) is 1. The van der Waals surface area contributed by atoms with Crippen LogP contribution in [0.25, 0.3) is 11.0 Å². The summed E-state index contributed by atoms with van der Waals surface area (Å²) in [6.45, 7) is 7.16. The van der Waals surface area contributed by atoms with E-state index in [1.807, 2.05) is 18.2 Å². The lowest BCUT2D eigenvalue weighted by Gasteiger charge is -2.24. The van der Waals surface area contributed by atoms with Crippen LogP contribution in [0.3, 0.4) is 0 Å². The van der Waals surface area contributed by atoms with Gasteiger partial charge in [0.05, 0.1) is 19.8 Å². The average Bonchev–Trinajstić information content (AvgIpc) is 2.90. The highest BCUT2D eigenvalue weighted by Gasteiger charge is 2.19. The zero-order chi connectivity index (χ0) is 15.4. The molecule has 1 N–H and O–H groups in total. The number of para-hydroxylation sites is 1. The molecule has 0 aliphatic heterocycles. The van der Waals surface area contributed by atoms with E-state index in [2.05, 4.69) is 32.2 Å². The molecule has 0 saturated heterocycles. The largest absolute Gasteiger partial charge is 0.493 e. The fourth-order valence-corrected chi connectivity index (χ4v) is 2.45. The molecule has 0 aliphatic rings. The molecule has 0 bridgehead atoms.